The molecule has 0 radical (unpaired) electrons. The van der Waals surface area contributed by atoms with Crippen LogP contribution in [0.3, 0.4) is 0 Å². The van der Waals surface area contributed by atoms with Gasteiger partial charge in [0.2, 0.25) is 5.76 Å². The van der Waals surface area contributed by atoms with Crippen LogP contribution in [0.1, 0.15) is 29.5 Å². The molecule has 30 heavy (non-hydrogen) atoms. The molecule has 0 amide bonds. The monoisotopic (exact) mass is 448 g/mol. The fourth-order valence-corrected chi connectivity index (χ4v) is 3.01. The van der Waals surface area contributed by atoms with E-state index in [-0.39, 0.29) is 23.7 Å². The molecule has 1 aromatic heterocycles. The molecule has 3 aromatic rings. The van der Waals surface area contributed by atoms with Crippen molar-refractivity contribution in [3.05, 3.63) is 79.1 Å². The molecule has 0 aliphatic heterocycles. The van der Waals surface area contributed by atoms with Crippen molar-refractivity contribution >= 4 is 41.0 Å². The van der Waals surface area contributed by atoms with Gasteiger partial charge < -0.3 is 14.0 Å². The second-order valence-corrected chi connectivity index (χ2v) is 7.06. The number of hydrogen-bond acceptors (Lipinski definition) is 6. The number of hydrogen-bond donors (Lipinski definition) is 0. The lowest BCUT2D eigenvalue weighted by molar-refractivity contribution is -0.386. The van der Waals surface area contributed by atoms with E-state index in [2.05, 4.69) is 5.16 Å². The number of ether oxygens (including phenoxy) is 2. The first-order valence-electron chi connectivity index (χ1n) is 9.01. The number of rotatable bonds is 8. The molecule has 0 saturated heterocycles. The Morgan fingerprint density at radius 1 is 1.10 bits per heavy atom. The summed E-state index contributed by atoms with van der Waals surface area (Å²) in [5.41, 5.74) is 1.69. The van der Waals surface area contributed by atoms with E-state index in [4.69, 9.17) is 37.2 Å². The largest absolute Gasteiger partial charge is 0.490 e. The standard InChI is InChI=1S/C21H18Cl2N2O5/c1-3-28-20-11-14(6-9-19-21(25(26)27)13(2)24-30-19)5-8-18(20)29-12-15-4-7-16(22)17(23)10-15/h4-11H,3,12H2,1-2H3/b9-6-. The molecule has 0 unspecified atom stereocenters. The molecule has 2 aromatic carbocycles. The molecule has 0 spiro atoms. The summed E-state index contributed by atoms with van der Waals surface area (Å²) in [6, 6.07) is 10.6. The van der Waals surface area contributed by atoms with Crippen molar-refractivity contribution in [2.75, 3.05) is 6.61 Å². The molecule has 0 saturated carbocycles. The lowest BCUT2D eigenvalue weighted by Crippen LogP contribution is -2.00. The summed E-state index contributed by atoms with van der Waals surface area (Å²) in [6.45, 7) is 4.12. The zero-order chi connectivity index (χ0) is 21.7. The fraction of sp³-hybridized carbons (Fsp3) is 0.190. The van der Waals surface area contributed by atoms with Gasteiger partial charge in [-0.2, -0.15) is 0 Å². The van der Waals surface area contributed by atoms with Crippen LogP contribution in [-0.2, 0) is 6.61 Å². The highest BCUT2D eigenvalue weighted by atomic mass is 35.5. The van der Waals surface area contributed by atoms with Gasteiger partial charge in [0.15, 0.2) is 17.2 Å². The third-order valence-electron chi connectivity index (χ3n) is 4.11. The van der Waals surface area contributed by atoms with Crippen LogP contribution in [-0.4, -0.2) is 16.7 Å². The molecule has 3 rings (SSSR count). The first kappa shape index (κ1) is 21.7. The molecular weight excluding hydrogens is 431 g/mol. The Morgan fingerprint density at radius 2 is 1.90 bits per heavy atom. The number of halogens is 2. The fourth-order valence-electron chi connectivity index (χ4n) is 2.69. The molecule has 7 nitrogen and oxygen atoms in total. The van der Waals surface area contributed by atoms with Crippen LogP contribution in [0.2, 0.25) is 10.0 Å². The van der Waals surface area contributed by atoms with Gasteiger partial charge >= 0.3 is 5.69 Å². The topological polar surface area (TPSA) is 87.6 Å². The Hall–Kier alpha value is -3.03. The van der Waals surface area contributed by atoms with Crippen molar-refractivity contribution in [2.24, 2.45) is 0 Å². The molecular formula is C21H18Cl2N2O5. The third kappa shape index (κ3) is 5.11. The molecule has 0 fully saturated rings. The minimum Gasteiger partial charge on any atom is -0.490 e. The second-order valence-electron chi connectivity index (χ2n) is 6.25. The first-order chi connectivity index (χ1) is 14.4. The SMILES string of the molecule is CCOc1cc(/C=C\c2onc(C)c2[N+](=O)[O-])ccc1OCc1ccc(Cl)c(Cl)c1. The Labute approximate surface area is 182 Å². The molecule has 0 N–H and O–H groups in total. The number of aromatic nitrogens is 1. The van der Waals surface area contributed by atoms with Gasteiger partial charge in [0.1, 0.15) is 6.61 Å². The Morgan fingerprint density at radius 3 is 2.60 bits per heavy atom. The van der Waals surface area contributed by atoms with Crippen LogP contribution < -0.4 is 9.47 Å². The van der Waals surface area contributed by atoms with E-state index in [1.165, 1.54) is 13.0 Å². The number of nitro groups is 1. The van der Waals surface area contributed by atoms with Crippen LogP contribution in [0.15, 0.2) is 40.9 Å². The van der Waals surface area contributed by atoms with E-state index in [1.807, 2.05) is 13.0 Å². The molecule has 0 atom stereocenters. The minimum atomic E-state index is -0.517. The smallest absolute Gasteiger partial charge is 0.338 e. The van der Waals surface area contributed by atoms with Crippen LogP contribution >= 0.6 is 23.2 Å². The second kappa shape index (κ2) is 9.65. The lowest BCUT2D eigenvalue weighted by Gasteiger charge is -2.13. The van der Waals surface area contributed by atoms with E-state index < -0.39 is 4.92 Å². The summed E-state index contributed by atoms with van der Waals surface area (Å²) in [5.74, 6) is 1.18. The number of benzene rings is 2. The normalized spacial score (nSPS) is 11.1. The molecule has 1 heterocycles. The average molecular weight is 449 g/mol. The van der Waals surface area contributed by atoms with E-state index in [0.717, 1.165) is 11.1 Å². The van der Waals surface area contributed by atoms with Crippen molar-refractivity contribution in [3.8, 4) is 11.5 Å². The lowest BCUT2D eigenvalue weighted by atomic mass is 10.1. The van der Waals surface area contributed by atoms with Gasteiger partial charge in [0.25, 0.3) is 0 Å². The Balaban J connectivity index is 1.79. The summed E-state index contributed by atoms with van der Waals surface area (Å²) >= 11 is 12.0. The van der Waals surface area contributed by atoms with Gasteiger partial charge in [-0.1, -0.05) is 46.6 Å². The molecule has 156 valence electrons. The summed E-state index contributed by atoms with van der Waals surface area (Å²) in [4.78, 5) is 10.6. The maximum absolute atomic E-state index is 11.1. The first-order valence-corrected chi connectivity index (χ1v) is 9.77. The van der Waals surface area contributed by atoms with Crippen molar-refractivity contribution in [1.82, 2.24) is 5.16 Å². The van der Waals surface area contributed by atoms with Gasteiger partial charge in [0.05, 0.1) is 21.6 Å². The highest BCUT2D eigenvalue weighted by Crippen LogP contribution is 2.31. The van der Waals surface area contributed by atoms with Crippen LogP contribution in [0.4, 0.5) is 5.69 Å². The average Bonchev–Trinajstić information content (AvgIpc) is 3.09. The van der Waals surface area contributed by atoms with Crippen molar-refractivity contribution < 1.29 is 18.9 Å². The quantitative estimate of drug-likeness (QED) is 0.294. The van der Waals surface area contributed by atoms with Crippen LogP contribution in [0.5, 0.6) is 11.5 Å². The van der Waals surface area contributed by atoms with E-state index in [0.29, 0.717) is 28.2 Å². The van der Waals surface area contributed by atoms with Crippen molar-refractivity contribution in [2.45, 2.75) is 20.5 Å². The Bertz CT molecular complexity index is 1090. The summed E-state index contributed by atoms with van der Waals surface area (Å²) < 4.78 is 16.6. The summed E-state index contributed by atoms with van der Waals surface area (Å²) in [5, 5.41) is 15.7. The minimum absolute atomic E-state index is 0.0791. The van der Waals surface area contributed by atoms with Crippen molar-refractivity contribution in [3.63, 3.8) is 0 Å². The van der Waals surface area contributed by atoms with Gasteiger partial charge in [-0.15, -0.1) is 0 Å². The summed E-state index contributed by atoms with van der Waals surface area (Å²) in [6.07, 6.45) is 3.18. The van der Waals surface area contributed by atoms with E-state index in [1.54, 1.807) is 36.4 Å². The van der Waals surface area contributed by atoms with Crippen molar-refractivity contribution in [1.29, 1.82) is 0 Å². The molecule has 0 aliphatic rings. The molecule has 9 heteroatoms. The maximum atomic E-state index is 11.1. The van der Waals surface area contributed by atoms with Gasteiger partial charge in [-0.05, 0) is 55.3 Å². The van der Waals surface area contributed by atoms with E-state index >= 15 is 0 Å². The van der Waals surface area contributed by atoms with E-state index in [9.17, 15) is 10.1 Å². The predicted octanol–water partition coefficient (Wildman–Crippen LogP) is 6.35. The van der Waals surface area contributed by atoms with Gasteiger partial charge in [-0.25, -0.2) is 0 Å². The number of aryl methyl sites for hydroxylation is 1. The molecule has 0 aliphatic carbocycles. The Kier molecular flexibility index (Phi) is 6.97. The van der Waals surface area contributed by atoms with Gasteiger partial charge in [-0.3, -0.25) is 10.1 Å². The highest BCUT2D eigenvalue weighted by Gasteiger charge is 2.21. The summed E-state index contributed by atoms with van der Waals surface area (Å²) in [7, 11) is 0. The zero-order valence-corrected chi connectivity index (χ0v) is 17.7. The zero-order valence-electron chi connectivity index (χ0n) is 16.2. The van der Waals surface area contributed by atoms with Crippen LogP contribution in [0, 0.1) is 17.0 Å². The highest BCUT2D eigenvalue weighted by molar-refractivity contribution is 6.42. The third-order valence-corrected chi connectivity index (χ3v) is 4.85. The maximum Gasteiger partial charge on any atom is 0.338 e. The predicted molar refractivity (Wildman–Crippen MR) is 115 cm³/mol. The van der Waals surface area contributed by atoms with Gasteiger partial charge in [0, 0.05) is 0 Å². The number of nitrogens with zero attached hydrogens (tertiary/aromatic N) is 2. The van der Waals surface area contributed by atoms with Crippen LogP contribution in [0.25, 0.3) is 12.2 Å². The molecule has 0 bridgehead atoms.